The molecule has 1 heterocycles. The maximum absolute atomic E-state index is 13.1. The normalized spacial score (nSPS) is 17.3. The van der Waals surface area contributed by atoms with Crippen LogP contribution in [0.5, 0.6) is 11.5 Å². The first-order chi connectivity index (χ1) is 12.8. The second-order valence-corrected chi connectivity index (χ2v) is 8.63. The number of amides is 1. The summed E-state index contributed by atoms with van der Waals surface area (Å²) < 4.78 is 37.9. The van der Waals surface area contributed by atoms with Crippen LogP contribution in [0.2, 0.25) is 0 Å². The lowest BCUT2D eigenvalue weighted by molar-refractivity contribution is -0.895. The third-order valence-corrected chi connectivity index (χ3v) is 6.77. The fourth-order valence-electron chi connectivity index (χ4n) is 3.00. The fourth-order valence-corrected chi connectivity index (χ4v) is 4.61. The molecule has 1 saturated heterocycles. The standard InChI is InChI=1S/C18H29N3O5S/c1-5-14(2)19-18(22)13-20-8-10-21(11-9-20)27(23,24)17-12-15(25-3)6-7-16(17)26-4/h6-7,12,14H,5,8-11,13H2,1-4H3,(H,19,22)/p+1/t14-/m1/s1. The van der Waals surface area contributed by atoms with Gasteiger partial charge in [-0.2, -0.15) is 4.31 Å². The molecule has 2 rings (SSSR count). The van der Waals surface area contributed by atoms with Crippen molar-refractivity contribution in [1.82, 2.24) is 9.62 Å². The number of piperazine rings is 1. The molecule has 1 aliphatic heterocycles. The van der Waals surface area contributed by atoms with Crippen LogP contribution in [0, 0.1) is 0 Å². The van der Waals surface area contributed by atoms with Gasteiger partial charge in [0.1, 0.15) is 16.4 Å². The molecule has 1 amide bonds. The summed E-state index contributed by atoms with van der Waals surface area (Å²) in [6.45, 7) is 6.23. The molecule has 0 radical (unpaired) electrons. The third kappa shape index (κ3) is 5.33. The fraction of sp³-hybridized carbons (Fsp3) is 0.611. The van der Waals surface area contributed by atoms with Crippen LogP contribution in [-0.2, 0) is 14.8 Å². The van der Waals surface area contributed by atoms with E-state index in [0.29, 0.717) is 44.2 Å². The summed E-state index contributed by atoms with van der Waals surface area (Å²) in [4.78, 5) is 13.2. The van der Waals surface area contributed by atoms with E-state index in [0.717, 1.165) is 11.3 Å². The molecule has 0 spiro atoms. The van der Waals surface area contributed by atoms with Gasteiger partial charge in [-0.25, -0.2) is 8.42 Å². The smallest absolute Gasteiger partial charge is 0.275 e. The molecule has 0 aliphatic carbocycles. The lowest BCUT2D eigenvalue weighted by Crippen LogP contribution is -3.15. The molecule has 152 valence electrons. The molecule has 27 heavy (non-hydrogen) atoms. The Morgan fingerprint density at radius 3 is 2.48 bits per heavy atom. The van der Waals surface area contributed by atoms with Gasteiger partial charge in [-0.05, 0) is 25.5 Å². The molecule has 1 aliphatic rings. The summed E-state index contributed by atoms with van der Waals surface area (Å²) in [6, 6.07) is 4.88. The van der Waals surface area contributed by atoms with E-state index in [4.69, 9.17) is 9.47 Å². The maximum atomic E-state index is 13.1. The van der Waals surface area contributed by atoms with E-state index in [1.165, 1.54) is 24.6 Å². The van der Waals surface area contributed by atoms with Crippen molar-refractivity contribution in [1.29, 1.82) is 0 Å². The van der Waals surface area contributed by atoms with Crippen LogP contribution < -0.4 is 19.7 Å². The van der Waals surface area contributed by atoms with Gasteiger partial charge >= 0.3 is 0 Å². The Bertz CT molecular complexity index is 745. The lowest BCUT2D eigenvalue weighted by Gasteiger charge is -2.31. The van der Waals surface area contributed by atoms with Crippen LogP contribution in [0.3, 0.4) is 0 Å². The van der Waals surface area contributed by atoms with Gasteiger partial charge in [0.25, 0.3) is 5.91 Å². The van der Waals surface area contributed by atoms with E-state index < -0.39 is 10.0 Å². The summed E-state index contributed by atoms with van der Waals surface area (Å²) in [5, 5.41) is 2.95. The minimum Gasteiger partial charge on any atom is -0.497 e. The number of carbonyl (C=O) groups is 1. The van der Waals surface area contributed by atoms with Crippen LogP contribution in [0.25, 0.3) is 0 Å². The van der Waals surface area contributed by atoms with Crippen molar-refractivity contribution in [3.8, 4) is 11.5 Å². The number of rotatable bonds is 8. The molecular weight excluding hydrogens is 370 g/mol. The predicted molar refractivity (Wildman–Crippen MR) is 102 cm³/mol. The van der Waals surface area contributed by atoms with E-state index in [1.54, 1.807) is 12.1 Å². The van der Waals surface area contributed by atoms with Crippen LogP contribution in [0.15, 0.2) is 23.1 Å². The third-order valence-electron chi connectivity index (χ3n) is 4.85. The number of nitrogens with zero attached hydrogens (tertiary/aromatic N) is 1. The lowest BCUT2D eigenvalue weighted by atomic mass is 10.2. The first kappa shape index (κ1) is 21.5. The Labute approximate surface area is 161 Å². The molecule has 0 bridgehead atoms. The topological polar surface area (TPSA) is 89.4 Å². The van der Waals surface area contributed by atoms with E-state index in [1.807, 2.05) is 13.8 Å². The van der Waals surface area contributed by atoms with Crippen LogP contribution >= 0.6 is 0 Å². The van der Waals surface area contributed by atoms with Crippen molar-refractivity contribution in [2.45, 2.75) is 31.2 Å². The van der Waals surface area contributed by atoms with Gasteiger partial charge in [0.2, 0.25) is 10.0 Å². The van der Waals surface area contributed by atoms with Crippen molar-refractivity contribution < 1.29 is 27.6 Å². The molecule has 1 atom stereocenters. The molecule has 0 aromatic heterocycles. The highest BCUT2D eigenvalue weighted by Gasteiger charge is 2.33. The summed E-state index contributed by atoms with van der Waals surface area (Å²) in [7, 11) is -0.764. The van der Waals surface area contributed by atoms with E-state index in [9.17, 15) is 13.2 Å². The average Bonchev–Trinajstić information content (AvgIpc) is 2.67. The van der Waals surface area contributed by atoms with Crippen molar-refractivity contribution in [2.24, 2.45) is 0 Å². The average molecular weight is 401 g/mol. The quantitative estimate of drug-likeness (QED) is 0.615. The Morgan fingerprint density at radius 1 is 1.26 bits per heavy atom. The van der Waals surface area contributed by atoms with Gasteiger partial charge in [-0.1, -0.05) is 6.92 Å². The number of carbonyl (C=O) groups excluding carboxylic acids is 1. The number of benzene rings is 1. The zero-order chi connectivity index (χ0) is 20.0. The number of methoxy groups -OCH3 is 2. The molecule has 1 aromatic carbocycles. The highest BCUT2D eigenvalue weighted by atomic mass is 32.2. The van der Waals surface area contributed by atoms with Crippen LogP contribution in [0.1, 0.15) is 20.3 Å². The summed E-state index contributed by atoms with van der Waals surface area (Å²) >= 11 is 0. The first-order valence-corrected chi connectivity index (χ1v) is 10.6. The Kier molecular flexibility index (Phi) is 7.46. The zero-order valence-corrected chi connectivity index (χ0v) is 17.3. The number of hydrogen-bond donors (Lipinski definition) is 2. The minimum absolute atomic E-state index is 0.00474. The van der Waals surface area contributed by atoms with Gasteiger partial charge in [-0.15, -0.1) is 0 Å². The van der Waals surface area contributed by atoms with Gasteiger partial charge in [-0.3, -0.25) is 4.79 Å². The molecule has 1 fully saturated rings. The van der Waals surface area contributed by atoms with Crippen LogP contribution in [0.4, 0.5) is 0 Å². The predicted octanol–water partition coefficient (Wildman–Crippen LogP) is -0.492. The highest BCUT2D eigenvalue weighted by Crippen LogP contribution is 2.30. The molecule has 2 N–H and O–H groups in total. The zero-order valence-electron chi connectivity index (χ0n) is 16.4. The van der Waals surface area contributed by atoms with E-state index in [2.05, 4.69) is 5.32 Å². The number of sulfonamides is 1. The van der Waals surface area contributed by atoms with Gasteiger partial charge in [0, 0.05) is 12.1 Å². The summed E-state index contributed by atoms with van der Waals surface area (Å²) in [6.07, 6.45) is 0.884. The van der Waals surface area contributed by atoms with Crippen molar-refractivity contribution in [3.05, 3.63) is 18.2 Å². The number of ether oxygens (including phenoxy) is 2. The first-order valence-electron chi connectivity index (χ1n) is 9.16. The SMILES string of the molecule is CC[C@@H](C)NC(=O)C[NH+]1CCN(S(=O)(=O)c2cc(OC)ccc2OC)CC1. The molecule has 0 unspecified atom stereocenters. The number of quaternary nitrogens is 1. The maximum Gasteiger partial charge on any atom is 0.275 e. The minimum atomic E-state index is -3.70. The van der Waals surface area contributed by atoms with Gasteiger partial charge < -0.3 is 19.7 Å². The van der Waals surface area contributed by atoms with Crippen LogP contribution in [-0.4, -0.2) is 71.6 Å². The summed E-state index contributed by atoms with van der Waals surface area (Å²) in [5.74, 6) is 0.754. The van der Waals surface area contributed by atoms with E-state index >= 15 is 0 Å². The van der Waals surface area contributed by atoms with Gasteiger partial charge in [0.05, 0.1) is 40.4 Å². The molecular formula is C18H30N3O5S+. The molecule has 1 aromatic rings. The van der Waals surface area contributed by atoms with Crippen molar-refractivity contribution in [2.75, 3.05) is 46.9 Å². The molecule has 8 nitrogen and oxygen atoms in total. The second kappa shape index (κ2) is 9.38. The largest absolute Gasteiger partial charge is 0.497 e. The Hall–Kier alpha value is -1.84. The molecule has 0 saturated carbocycles. The van der Waals surface area contributed by atoms with Gasteiger partial charge in [0.15, 0.2) is 6.54 Å². The Morgan fingerprint density at radius 2 is 1.93 bits per heavy atom. The molecule has 9 heteroatoms. The van der Waals surface area contributed by atoms with E-state index in [-0.39, 0.29) is 16.8 Å². The summed E-state index contributed by atoms with van der Waals surface area (Å²) in [5.41, 5.74) is 0. The number of hydrogen-bond acceptors (Lipinski definition) is 5. The highest BCUT2D eigenvalue weighted by molar-refractivity contribution is 7.89. The second-order valence-electron chi connectivity index (χ2n) is 6.72. The van der Waals surface area contributed by atoms with Crippen molar-refractivity contribution in [3.63, 3.8) is 0 Å². The van der Waals surface area contributed by atoms with Crippen molar-refractivity contribution >= 4 is 15.9 Å². The number of nitrogens with one attached hydrogen (secondary N) is 2. The monoisotopic (exact) mass is 400 g/mol. The Balaban J connectivity index is 2.04.